The molecule has 2 unspecified atom stereocenters. The Balaban J connectivity index is 2.71. The van der Waals surface area contributed by atoms with E-state index in [1.54, 1.807) is 0 Å². The summed E-state index contributed by atoms with van der Waals surface area (Å²) in [6.45, 7) is 10.2. The predicted molar refractivity (Wildman–Crippen MR) is 71.8 cm³/mol. The van der Waals surface area contributed by atoms with Gasteiger partial charge in [-0.1, -0.05) is 58.0 Å². The number of nitrogens with one attached hydrogen (secondary N) is 1. The van der Waals surface area contributed by atoms with Gasteiger partial charge in [0, 0.05) is 6.04 Å². The summed E-state index contributed by atoms with van der Waals surface area (Å²) in [6.07, 6.45) is 1.20. The first-order valence-electron chi connectivity index (χ1n) is 6.45. The second-order valence-corrected chi connectivity index (χ2v) is 4.92. The Bertz CT molecular complexity index is 279. The first-order valence-corrected chi connectivity index (χ1v) is 6.45. The molecule has 1 nitrogen and oxygen atoms in total. The molecule has 90 valence electrons. The van der Waals surface area contributed by atoms with E-state index in [0.29, 0.717) is 17.9 Å². The van der Waals surface area contributed by atoms with E-state index in [1.807, 2.05) is 0 Å². The highest BCUT2D eigenvalue weighted by Gasteiger charge is 2.20. The van der Waals surface area contributed by atoms with E-state index < -0.39 is 0 Å². The molecule has 16 heavy (non-hydrogen) atoms. The Morgan fingerprint density at radius 2 is 1.69 bits per heavy atom. The van der Waals surface area contributed by atoms with Crippen LogP contribution >= 0.6 is 0 Å². The molecule has 0 fully saturated rings. The lowest BCUT2D eigenvalue weighted by Crippen LogP contribution is -2.38. The first-order chi connectivity index (χ1) is 7.66. The fourth-order valence-electron chi connectivity index (χ4n) is 2.26. The lowest BCUT2D eigenvalue weighted by atomic mass is 9.86. The lowest BCUT2D eigenvalue weighted by Gasteiger charge is -2.29. The highest BCUT2D eigenvalue weighted by Crippen LogP contribution is 2.23. The Labute approximate surface area is 100 Å². The van der Waals surface area contributed by atoms with Crippen molar-refractivity contribution in [3.8, 4) is 0 Å². The Morgan fingerprint density at radius 1 is 1.06 bits per heavy atom. The quantitative estimate of drug-likeness (QED) is 0.767. The molecule has 1 aromatic rings. The topological polar surface area (TPSA) is 12.0 Å². The average Bonchev–Trinajstić information content (AvgIpc) is 2.30. The molecule has 1 heteroatoms. The molecule has 0 heterocycles. The summed E-state index contributed by atoms with van der Waals surface area (Å²) >= 11 is 0. The van der Waals surface area contributed by atoms with Gasteiger partial charge in [0.25, 0.3) is 0 Å². The van der Waals surface area contributed by atoms with E-state index in [4.69, 9.17) is 0 Å². The molecule has 0 aliphatic heterocycles. The van der Waals surface area contributed by atoms with Crippen molar-refractivity contribution >= 4 is 0 Å². The van der Waals surface area contributed by atoms with Gasteiger partial charge in [-0.15, -0.1) is 0 Å². The van der Waals surface area contributed by atoms with Gasteiger partial charge >= 0.3 is 0 Å². The molecule has 2 atom stereocenters. The molecule has 0 saturated heterocycles. The minimum absolute atomic E-state index is 0.572. The largest absolute Gasteiger partial charge is 0.313 e. The molecule has 0 amide bonds. The van der Waals surface area contributed by atoms with Gasteiger partial charge in [0.15, 0.2) is 0 Å². The van der Waals surface area contributed by atoms with Crippen molar-refractivity contribution in [3.05, 3.63) is 35.9 Å². The summed E-state index contributed by atoms with van der Waals surface area (Å²) in [7, 11) is 0. The molecule has 1 aromatic carbocycles. The summed E-state index contributed by atoms with van der Waals surface area (Å²) in [6, 6.07) is 11.4. The summed E-state index contributed by atoms with van der Waals surface area (Å²) in [5, 5.41) is 3.67. The van der Waals surface area contributed by atoms with E-state index >= 15 is 0 Å². The van der Waals surface area contributed by atoms with Crippen LogP contribution in [0.2, 0.25) is 0 Å². The summed E-state index contributed by atoms with van der Waals surface area (Å²) in [5.41, 5.74) is 1.44. The smallest absolute Gasteiger partial charge is 0.0156 e. The molecule has 0 bridgehead atoms. The minimum Gasteiger partial charge on any atom is -0.313 e. The zero-order valence-electron chi connectivity index (χ0n) is 11.0. The molecule has 0 aromatic heterocycles. The first kappa shape index (κ1) is 13.2. The van der Waals surface area contributed by atoms with Crippen molar-refractivity contribution in [2.24, 2.45) is 5.92 Å². The van der Waals surface area contributed by atoms with Crippen LogP contribution in [0.5, 0.6) is 0 Å². The van der Waals surface area contributed by atoms with Gasteiger partial charge < -0.3 is 5.32 Å². The van der Waals surface area contributed by atoms with Gasteiger partial charge in [0.05, 0.1) is 0 Å². The molecular weight excluding hydrogens is 194 g/mol. The molecule has 0 saturated carbocycles. The third-order valence-electron chi connectivity index (χ3n) is 3.21. The maximum atomic E-state index is 3.67. The zero-order chi connectivity index (χ0) is 12.0. The second-order valence-electron chi connectivity index (χ2n) is 4.92. The van der Waals surface area contributed by atoms with Gasteiger partial charge in [0.1, 0.15) is 0 Å². The van der Waals surface area contributed by atoms with Crippen molar-refractivity contribution < 1.29 is 0 Å². The van der Waals surface area contributed by atoms with E-state index in [2.05, 4.69) is 63.3 Å². The van der Waals surface area contributed by atoms with Crippen LogP contribution in [-0.4, -0.2) is 12.6 Å². The number of benzene rings is 1. The molecule has 0 aliphatic rings. The van der Waals surface area contributed by atoms with Crippen LogP contribution in [0.4, 0.5) is 0 Å². The molecule has 1 N–H and O–H groups in total. The molecular formula is C15H25N. The Kier molecular flexibility index (Phi) is 5.54. The van der Waals surface area contributed by atoms with Crippen LogP contribution in [0, 0.1) is 5.92 Å². The number of hydrogen-bond donors (Lipinski definition) is 1. The maximum Gasteiger partial charge on any atom is 0.0156 e. The molecule has 0 radical (unpaired) electrons. The average molecular weight is 219 g/mol. The Hall–Kier alpha value is -0.820. The van der Waals surface area contributed by atoms with Crippen LogP contribution in [0.1, 0.15) is 45.6 Å². The molecule has 1 rings (SSSR count). The molecule has 0 spiro atoms. The van der Waals surface area contributed by atoms with Crippen LogP contribution in [-0.2, 0) is 0 Å². The number of hydrogen-bond acceptors (Lipinski definition) is 1. The summed E-state index contributed by atoms with van der Waals surface area (Å²) in [4.78, 5) is 0. The van der Waals surface area contributed by atoms with Crippen LogP contribution < -0.4 is 5.32 Å². The fraction of sp³-hybridized carbons (Fsp3) is 0.600. The number of rotatable bonds is 6. The van der Waals surface area contributed by atoms with E-state index in [0.717, 1.165) is 6.54 Å². The monoisotopic (exact) mass is 219 g/mol. The SMILES string of the molecule is CCCNC(C(C)C)C(C)c1ccccc1. The van der Waals surface area contributed by atoms with Crippen LogP contribution in [0.15, 0.2) is 30.3 Å². The fourth-order valence-corrected chi connectivity index (χ4v) is 2.26. The third-order valence-corrected chi connectivity index (χ3v) is 3.21. The van der Waals surface area contributed by atoms with Crippen molar-refractivity contribution in [1.82, 2.24) is 5.32 Å². The third kappa shape index (κ3) is 3.64. The van der Waals surface area contributed by atoms with Crippen molar-refractivity contribution in [2.45, 2.75) is 46.1 Å². The van der Waals surface area contributed by atoms with E-state index in [9.17, 15) is 0 Å². The zero-order valence-corrected chi connectivity index (χ0v) is 11.0. The Morgan fingerprint density at radius 3 is 2.19 bits per heavy atom. The van der Waals surface area contributed by atoms with E-state index in [-0.39, 0.29) is 0 Å². The summed E-state index contributed by atoms with van der Waals surface area (Å²) < 4.78 is 0. The van der Waals surface area contributed by atoms with Gasteiger partial charge in [-0.3, -0.25) is 0 Å². The second kappa shape index (κ2) is 6.70. The van der Waals surface area contributed by atoms with Crippen LogP contribution in [0.25, 0.3) is 0 Å². The lowest BCUT2D eigenvalue weighted by molar-refractivity contribution is 0.354. The van der Waals surface area contributed by atoms with Crippen LogP contribution in [0.3, 0.4) is 0 Å². The maximum absolute atomic E-state index is 3.67. The van der Waals surface area contributed by atoms with Gasteiger partial charge in [-0.05, 0) is 30.4 Å². The van der Waals surface area contributed by atoms with Crippen molar-refractivity contribution in [3.63, 3.8) is 0 Å². The van der Waals surface area contributed by atoms with Gasteiger partial charge in [-0.25, -0.2) is 0 Å². The highest BCUT2D eigenvalue weighted by atomic mass is 14.9. The summed E-state index contributed by atoms with van der Waals surface area (Å²) in [5.74, 6) is 1.24. The predicted octanol–water partition coefficient (Wildman–Crippen LogP) is 3.81. The highest BCUT2D eigenvalue weighted by molar-refractivity contribution is 5.20. The van der Waals surface area contributed by atoms with Gasteiger partial charge in [-0.2, -0.15) is 0 Å². The van der Waals surface area contributed by atoms with E-state index in [1.165, 1.54) is 12.0 Å². The molecule has 0 aliphatic carbocycles. The van der Waals surface area contributed by atoms with Crippen molar-refractivity contribution in [1.29, 1.82) is 0 Å². The van der Waals surface area contributed by atoms with Crippen molar-refractivity contribution in [2.75, 3.05) is 6.54 Å². The normalized spacial score (nSPS) is 15.1. The standard InChI is InChI=1S/C15H25N/c1-5-11-16-15(12(2)3)13(4)14-9-7-6-8-10-14/h6-10,12-13,15-16H,5,11H2,1-4H3. The van der Waals surface area contributed by atoms with Gasteiger partial charge in [0.2, 0.25) is 0 Å². The minimum atomic E-state index is 0.572.